The number of hydrogen-bond donors (Lipinski definition) is 2. The molecule has 0 bridgehead atoms. The normalized spacial score (nSPS) is 12.2. The number of benzene rings is 1. The predicted molar refractivity (Wildman–Crippen MR) is 72.6 cm³/mol. The molecule has 1 amide bonds. The molecule has 1 aromatic rings. The van der Waals surface area contributed by atoms with Crippen LogP contribution in [0.1, 0.15) is 12.5 Å². The number of aliphatic hydroxyl groups excluding tert-OH is 1. The first-order valence-corrected chi connectivity index (χ1v) is 6.68. The van der Waals surface area contributed by atoms with E-state index in [1.165, 1.54) is 11.8 Å². The SMILES string of the molecule is COCCNC(=O)C(C)Sc1cccc(CO)c1. The van der Waals surface area contributed by atoms with Gasteiger partial charge >= 0.3 is 0 Å². The third kappa shape index (κ3) is 5.08. The van der Waals surface area contributed by atoms with Crippen LogP contribution in [0.5, 0.6) is 0 Å². The van der Waals surface area contributed by atoms with Crippen LogP contribution in [-0.2, 0) is 16.1 Å². The number of carbonyl (C=O) groups is 1. The molecule has 100 valence electrons. The van der Waals surface area contributed by atoms with Crippen molar-refractivity contribution >= 4 is 17.7 Å². The van der Waals surface area contributed by atoms with Gasteiger partial charge in [-0.1, -0.05) is 12.1 Å². The van der Waals surface area contributed by atoms with Gasteiger partial charge in [0.15, 0.2) is 0 Å². The summed E-state index contributed by atoms with van der Waals surface area (Å²) in [6.07, 6.45) is 0. The summed E-state index contributed by atoms with van der Waals surface area (Å²) in [7, 11) is 1.60. The Morgan fingerprint density at radius 1 is 1.56 bits per heavy atom. The minimum absolute atomic E-state index is 0.00792. The molecule has 0 aliphatic rings. The van der Waals surface area contributed by atoms with Crippen LogP contribution in [0.25, 0.3) is 0 Å². The second-order valence-electron chi connectivity index (χ2n) is 3.85. The van der Waals surface area contributed by atoms with Crippen molar-refractivity contribution in [1.29, 1.82) is 0 Å². The van der Waals surface area contributed by atoms with Gasteiger partial charge in [0, 0.05) is 18.6 Å². The molecule has 1 aromatic carbocycles. The second-order valence-corrected chi connectivity index (χ2v) is 5.26. The number of ether oxygens (including phenoxy) is 1. The molecule has 1 atom stereocenters. The minimum Gasteiger partial charge on any atom is -0.392 e. The maximum atomic E-state index is 11.7. The number of carbonyl (C=O) groups excluding carboxylic acids is 1. The van der Waals surface area contributed by atoms with E-state index in [2.05, 4.69) is 5.32 Å². The average molecular weight is 269 g/mol. The van der Waals surface area contributed by atoms with Crippen LogP contribution < -0.4 is 5.32 Å². The topological polar surface area (TPSA) is 58.6 Å². The molecule has 1 unspecified atom stereocenters. The maximum Gasteiger partial charge on any atom is 0.233 e. The van der Waals surface area contributed by atoms with Gasteiger partial charge in [-0.3, -0.25) is 4.79 Å². The molecule has 0 saturated heterocycles. The molecule has 0 heterocycles. The Bertz CT molecular complexity index is 384. The Hall–Kier alpha value is -1.04. The van der Waals surface area contributed by atoms with Crippen LogP contribution in [0.3, 0.4) is 0 Å². The van der Waals surface area contributed by atoms with Gasteiger partial charge in [-0.25, -0.2) is 0 Å². The van der Waals surface area contributed by atoms with Gasteiger partial charge in [-0.15, -0.1) is 11.8 Å². The van der Waals surface area contributed by atoms with E-state index in [1.54, 1.807) is 7.11 Å². The largest absolute Gasteiger partial charge is 0.392 e. The van der Waals surface area contributed by atoms with Crippen molar-refractivity contribution in [2.45, 2.75) is 23.7 Å². The van der Waals surface area contributed by atoms with E-state index in [4.69, 9.17) is 9.84 Å². The molecular weight excluding hydrogens is 250 g/mol. The summed E-state index contributed by atoms with van der Waals surface area (Å²) in [5, 5.41) is 11.7. The van der Waals surface area contributed by atoms with Crippen molar-refractivity contribution in [3.63, 3.8) is 0 Å². The molecule has 0 fully saturated rings. The number of methoxy groups -OCH3 is 1. The molecule has 0 spiro atoms. The molecular formula is C13H19NO3S. The zero-order valence-electron chi connectivity index (χ0n) is 10.7. The summed E-state index contributed by atoms with van der Waals surface area (Å²) in [4.78, 5) is 12.7. The van der Waals surface area contributed by atoms with Crippen molar-refractivity contribution in [3.8, 4) is 0 Å². The zero-order valence-corrected chi connectivity index (χ0v) is 11.5. The van der Waals surface area contributed by atoms with Gasteiger partial charge in [-0.05, 0) is 24.6 Å². The zero-order chi connectivity index (χ0) is 13.4. The molecule has 0 aliphatic carbocycles. The van der Waals surface area contributed by atoms with Crippen molar-refractivity contribution in [3.05, 3.63) is 29.8 Å². The Labute approximate surface area is 112 Å². The number of amides is 1. The highest BCUT2D eigenvalue weighted by atomic mass is 32.2. The quantitative estimate of drug-likeness (QED) is 0.580. The van der Waals surface area contributed by atoms with Gasteiger partial charge in [0.1, 0.15) is 0 Å². The lowest BCUT2D eigenvalue weighted by atomic mass is 10.2. The van der Waals surface area contributed by atoms with Crippen LogP contribution in [0.4, 0.5) is 0 Å². The standard InChI is InChI=1S/C13H19NO3S/c1-10(13(16)14-6-7-17-2)18-12-5-3-4-11(8-12)9-15/h3-5,8,10,15H,6-7,9H2,1-2H3,(H,14,16). The van der Waals surface area contributed by atoms with Crippen LogP contribution in [0.2, 0.25) is 0 Å². The summed E-state index contributed by atoms with van der Waals surface area (Å²) in [5.41, 5.74) is 0.854. The fraction of sp³-hybridized carbons (Fsp3) is 0.462. The third-order valence-electron chi connectivity index (χ3n) is 2.37. The Morgan fingerprint density at radius 3 is 3.00 bits per heavy atom. The molecule has 1 rings (SSSR count). The van der Waals surface area contributed by atoms with E-state index < -0.39 is 0 Å². The number of thioether (sulfide) groups is 1. The fourth-order valence-electron chi connectivity index (χ4n) is 1.39. The average Bonchev–Trinajstić information content (AvgIpc) is 2.39. The van der Waals surface area contributed by atoms with Crippen molar-refractivity contribution in [1.82, 2.24) is 5.32 Å². The van der Waals surface area contributed by atoms with Gasteiger partial charge in [0.25, 0.3) is 0 Å². The molecule has 0 aromatic heterocycles. The highest BCUT2D eigenvalue weighted by molar-refractivity contribution is 8.00. The van der Waals surface area contributed by atoms with Crippen LogP contribution in [0, 0.1) is 0 Å². The van der Waals surface area contributed by atoms with Crippen molar-refractivity contribution in [2.75, 3.05) is 20.3 Å². The molecule has 5 heteroatoms. The van der Waals surface area contributed by atoms with Crippen molar-refractivity contribution < 1.29 is 14.6 Å². The smallest absolute Gasteiger partial charge is 0.233 e. The molecule has 18 heavy (non-hydrogen) atoms. The van der Waals surface area contributed by atoms with Gasteiger partial charge < -0.3 is 15.2 Å². The van der Waals surface area contributed by atoms with E-state index in [-0.39, 0.29) is 17.8 Å². The Balaban J connectivity index is 2.47. The summed E-state index contributed by atoms with van der Waals surface area (Å²) < 4.78 is 4.87. The van der Waals surface area contributed by atoms with E-state index in [0.29, 0.717) is 13.2 Å². The lowest BCUT2D eigenvalue weighted by Gasteiger charge is -2.12. The van der Waals surface area contributed by atoms with Crippen molar-refractivity contribution in [2.24, 2.45) is 0 Å². The summed E-state index contributed by atoms with van der Waals surface area (Å²) in [5.74, 6) is -0.00792. The second kappa shape index (κ2) is 8.13. The summed E-state index contributed by atoms with van der Waals surface area (Å²) >= 11 is 1.48. The fourth-order valence-corrected chi connectivity index (χ4v) is 2.37. The number of rotatable bonds is 7. The maximum absolute atomic E-state index is 11.7. The summed E-state index contributed by atoms with van der Waals surface area (Å²) in [6.45, 7) is 2.92. The van der Waals surface area contributed by atoms with E-state index in [1.807, 2.05) is 31.2 Å². The molecule has 4 nitrogen and oxygen atoms in total. The van der Waals surface area contributed by atoms with Gasteiger partial charge in [-0.2, -0.15) is 0 Å². The van der Waals surface area contributed by atoms with Crippen LogP contribution in [-0.4, -0.2) is 36.5 Å². The van der Waals surface area contributed by atoms with Gasteiger partial charge in [0.2, 0.25) is 5.91 Å². The number of hydrogen-bond acceptors (Lipinski definition) is 4. The first-order valence-electron chi connectivity index (χ1n) is 5.80. The van der Waals surface area contributed by atoms with E-state index in [9.17, 15) is 4.79 Å². The monoisotopic (exact) mass is 269 g/mol. The highest BCUT2D eigenvalue weighted by Crippen LogP contribution is 2.24. The third-order valence-corrected chi connectivity index (χ3v) is 3.46. The molecule has 0 aliphatic heterocycles. The Kier molecular flexibility index (Phi) is 6.78. The summed E-state index contributed by atoms with van der Waals surface area (Å²) in [6, 6.07) is 7.56. The van der Waals surface area contributed by atoms with Gasteiger partial charge in [0.05, 0.1) is 18.5 Å². The lowest BCUT2D eigenvalue weighted by molar-refractivity contribution is -0.120. The van der Waals surface area contributed by atoms with Crippen LogP contribution >= 0.6 is 11.8 Å². The van der Waals surface area contributed by atoms with Crippen LogP contribution in [0.15, 0.2) is 29.2 Å². The minimum atomic E-state index is -0.171. The molecule has 2 N–H and O–H groups in total. The first kappa shape index (κ1) is 15.0. The van der Waals surface area contributed by atoms with E-state index >= 15 is 0 Å². The highest BCUT2D eigenvalue weighted by Gasteiger charge is 2.13. The number of aliphatic hydroxyl groups is 1. The first-order chi connectivity index (χ1) is 8.67. The number of nitrogens with one attached hydrogen (secondary N) is 1. The molecule has 0 radical (unpaired) electrons. The predicted octanol–water partition coefficient (Wildman–Crippen LogP) is 1.42. The Morgan fingerprint density at radius 2 is 2.33 bits per heavy atom. The lowest BCUT2D eigenvalue weighted by Crippen LogP contribution is -2.33. The molecule has 0 saturated carbocycles. The van der Waals surface area contributed by atoms with E-state index in [0.717, 1.165) is 10.5 Å².